The molecule has 0 spiro atoms. The van der Waals surface area contributed by atoms with Crippen LogP contribution in [0.3, 0.4) is 0 Å². The van der Waals surface area contributed by atoms with E-state index in [1.54, 1.807) is 30.5 Å². The van der Waals surface area contributed by atoms with E-state index in [1.807, 2.05) is 0 Å². The number of halogens is 1. The van der Waals surface area contributed by atoms with Gasteiger partial charge in [-0.05, 0) is 33.6 Å². The number of benzene rings is 1. The highest BCUT2D eigenvalue weighted by atomic mass is 79.9. The monoisotopic (exact) mass is 308 g/mol. The van der Waals surface area contributed by atoms with Crippen LogP contribution < -0.4 is 5.56 Å². The first-order valence-corrected chi connectivity index (χ1v) is 5.95. The minimum absolute atomic E-state index is 0.0420. The van der Waals surface area contributed by atoms with Crippen LogP contribution in [0.5, 0.6) is 0 Å². The number of pyridine rings is 1. The summed E-state index contributed by atoms with van der Waals surface area (Å²) in [5.41, 5.74) is 0.747. The fraction of sp³-hybridized carbons (Fsp3) is 0.0833. The van der Waals surface area contributed by atoms with Gasteiger partial charge in [0.15, 0.2) is 0 Å². The minimum atomic E-state index is -0.449. The lowest BCUT2D eigenvalue weighted by molar-refractivity contribution is -0.384. The van der Waals surface area contributed by atoms with Gasteiger partial charge in [-0.1, -0.05) is 12.1 Å². The van der Waals surface area contributed by atoms with E-state index in [4.69, 9.17) is 0 Å². The molecule has 92 valence electrons. The number of hydrogen-bond donors (Lipinski definition) is 0. The lowest BCUT2D eigenvalue weighted by Gasteiger charge is -2.05. The molecule has 0 radical (unpaired) electrons. The summed E-state index contributed by atoms with van der Waals surface area (Å²) >= 11 is 3.17. The van der Waals surface area contributed by atoms with Gasteiger partial charge >= 0.3 is 0 Å². The molecule has 5 nitrogen and oxygen atoms in total. The fourth-order valence-electron chi connectivity index (χ4n) is 1.55. The molecule has 0 fully saturated rings. The van der Waals surface area contributed by atoms with Gasteiger partial charge < -0.3 is 4.57 Å². The van der Waals surface area contributed by atoms with Crippen molar-refractivity contribution in [2.75, 3.05) is 0 Å². The van der Waals surface area contributed by atoms with Crippen LogP contribution in [-0.4, -0.2) is 9.49 Å². The Balaban J connectivity index is 2.26. The molecular weight excluding hydrogens is 300 g/mol. The van der Waals surface area contributed by atoms with E-state index in [9.17, 15) is 14.9 Å². The molecule has 2 rings (SSSR count). The smallest absolute Gasteiger partial charge is 0.269 e. The van der Waals surface area contributed by atoms with Crippen molar-refractivity contribution in [3.05, 3.63) is 73.1 Å². The predicted molar refractivity (Wildman–Crippen MR) is 70.6 cm³/mol. The van der Waals surface area contributed by atoms with Crippen LogP contribution in [0.4, 0.5) is 5.69 Å². The molecule has 0 N–H and O–H groups in total. The molecule has 6 heteroatoms. The molecule has 0 aliphatic carbocycles. The topological polar surface area (TPSA) is 65.1 Å². The summed E-state index contributed by atoms with van der Waals surface area (Å²) in [6.07, 6.45) is 1.68. The molecule has 1 aromatic carbocycles. The Labute approximate surface area is 111 Å². The Morgan fingerprint density at radius 2 is 1.89 bits per heavy atom. The molecule has 18 heavy (non-hydrogen) atoms. The summed E-state index contributed by atoms with van der Waals surface area (Å²) in [7, 11) is 0. The van der Waals surface area contributed by atoms with Crippen molar-refractivity contribution >= 4 is 21.6 Å². The van der Waals surface area contributed by atoms with Crippen LogP contribution >= 0.6 is 15.9 Å². The maximum Gasteiger partial charge on any atom is 0.269 e. The Bertz CT molecular complexity index is 635. The van der Waals surface area contributed by atoms with Crippen molar-refractivity contribution in [2.45, 2.75) is 6.54 Å². The molecule has 0 aliphatic rings. The number of hydrogen-bond acceptors (Lipinski definition) is 3. The Morgan fingerprint density at radius 1 is 1.22 bits per heavy atom. The first-order valence-electron chi connectivity index (χ1n) is 5.16. The summed E-state index contributed by atoms with van der Waals surface area (Å²) in [6.45, 7) is 0.385. The highest BCUT2D eigenvalue weighted by molar-refractivity contribution is 9.10. The van der Waals surface area contributed by atoms with Crippen molar-refractivity contribution in [1.29, 1.82) is 0 Å². The quantitative estimate of drug-likeness (QED) is 0.646. The average Bonchev–Trinajstić information content (AvgIpc) is 2.36. The van der Waals surface area contributed by atoms with E-state index >= 15 is 0 Å². The maximum absolute atomic E-state index is 11.8. The van der Waals surface area contributed by atoms with Crippen molar-refractivity contribution < 1.29 is 4.92 Å². The standard InChI is InChI=1S/C12H9BrN2O3/c13-11-2-1-7-14(12(11)16)8-9-3-5-10(6-4-9)15(17)18/h1-7H,8H2. The molecule has 0 amide bonds. The highest BCUT2D eigenvalue weighted by Gasteiger charge is 2.05. The summed E-state index contributed by atoms with van der Waals surface area (Å²) in [6, 6.07) is 9.58. The maximum atomic E-state index is 11.8. The second-order valence-electron chi connectivity index (χ2n) is 3.71. The zero-order valence-corrected chi connectivity index (χ0v) is 10.8. The van der Waals surface area contributed by atoms with Crippen molar-refractivity contribution in [3.63, 3.8) is 0 Å². The summed E-state index contributed by atoms with van der Waals surface area (Å²) in [5, 5.41) is 10.5. The van der Waals surface area contributed by atoms with Gasteiger partial charge in [-0.15, -0.1) is 0 Å². The number of aromatic nitrogens is 1. The Morgan fingerprint density at radius 3 is 2.50 bits per heavy atom. The molecule has 2 aromatic rings. The third-order valence-corrected chi connectivity index (χ3v) is 3.08. The van der Waals surface area contributed by atoms with E-state index < -0.39 is 4.92 Å². The van der Waals surface area contributed by atoms with Gasteiger partial charge in [-0.2, -0.15) is 0 Å². The lowest BCUT2D eigenvalue weighted by atomic mass is 10.2. The van der Waals surface area contributed by atoms with Crippen LogP contribution in [0.2, 0.25) is 0 Å². The second-order valence-corrected chi connectivity index (χ2v) is 4.57. The van der Waals surface area contributed by atoms with E-state index in [0.717, 1.165) is 5.56 Å². The summed E-state index contributed by atoms with van der Waals surface area (Å²) in [4.78, 5) is 21.8. The number of nitrogens with zero attached hydrogens (tertiary/aromatic N) is 2. The number of nitro groups is 1. The molecule has 0 saturated heterocycles. The second kappa shape index (κ2) is 5.14. The van der Waals surface area contributed by atoms with Crippen molar-refractivity contribution in [1.82, 2.24) is 4.57 Å². The first kappa shape index (κ1) is 12.5. The van der Waals surface area contributed by atoms with Crippen LogP contribution in [0.25, 0.3) is 0 Å². The number of rotatable bonds is 3. The first-order chi connectivity index (χ1) is 8.58. The molecule has 1 heterocycles. The molecule has 0 atom stereocenters. The zero-order chi connectivity index (χ0) is 13.1. The summed E-state index contributed by atoms with van der Waals surface area (Å²) in [5.74, 6) is 0. The van der Waals surface area contributed by atoms with E-state index in [2.05, 4.69) is 15.9 Å². The molecule has 1 aromatic heterocycles. The third-order valence-electron chi connectivity index (χ3n) is 2.47. The van der Waals surface area contributed by atoms with E-state index in [-0.39, 0.29) is 11.2 Å². The van der Waals surface area contributed by atoms with Crippen molar-refractivity contribution in [3.8, 4) is 0 Å². The lowest BCUT2D eigenvalue weighted by Crippen LogP contribution is -2.20. The van der Waals surface area contributed by atoms with Gasteiger partial charge in [0.1, 0.15) is 0 Å². The van der Waals surface area contributed by atoms with Crippen molar-refractivity contribution in [2.24, 2.45) is 0 Å². The Hall–Kier alpha value is -1.95. The molecular formula is C12H9BrN2O3. The zero-order valence-electron chi connectivity index (χ0n) is 9.25. The van der Waals surface area contributed by atoms with E-state index in [0.29, 0.717) is 11.0 Å². The molecule has 0 saturated carbocycles. The number of nitro benzene ring substituents is 1. The van der Waals surface area contributed by atoms with Gasteiger partial charge in [-0.3, -0.25) is 14.9 Å². The largest absolute Gasteiger partial charge is 0.310 e. The van der Waals surface area contributed by atoms with Gasteiger partial charge in [0.25, 0.3) is 11.2 Å². The summed E-state index contributed by atoms with van der Waals surface area (Å²) < 4.78 is 2.03. The van der Waals surface area contributed by atoms with Crippen LogP contribution in [0.15, 0.2) is 51.9 Å². The molecule has 0 bridgehead atoms. The molecule has 0 unspecified atom stereocenters. The average molecular weight is 309 g/mol. The van der Waals surface area contributed by atoms with Gasteiger partial charge in [0.05, 0.1) is 15.9 Å². The van der Waals surface area contributed by atoms with Gasteiger partial charge in [-0.25, -0.2) is 0 Å². The predicted octanol–water partition coefficient (Wildman–Crippen LogP) is 2.57. The van der Waals surface area contributed by atoms with Crippen LogP contribution in [0.1, 0.15) is 5.56 Å². The minimum Gasteiger partial charge on any atom is -0.310 e. The third kappa shape index (κ3) is 2.65. The van der Waals surface area contributed by atoms with Gasteiger partial charge in [0.2, 0.25) is 0 Å². The van der Waals surface area contributed by atoms with E-state index in [1.165, 1.54) is 16.7 Å². The molecule has 0 aliphatic heterocycles. The van der Waals surface area contributed by atoms with Crippen LogP contribution in [0, 0.1) is 10.1 Å². The van der Waals surface area contributed by atoms with Gasteiger partial charge in [0, 0.05) is 18.3 Å². The SMILES string of the molecule is O=c1c(Br)cccn1Cc1ccc([N+](=O)[O-])cc1. The normalized spacial score (nSPS) is 10.3. The fourth-order valence-corrected chi connectivity index (χ4v) is 1.93. The number of non-ortho nitro benzene ring substituents is 1. The Kier molecular flexibility index (Phi) is 3.57. The highest BCUT2D eigenvalue weighted by Crippen LogP contribution is 2.12. The van der Waals surface area contributed by atoms with Crippen LogP contribution in [-0.2, 0) is 6.54 Å².